The van der Waals surface area contributed by atoms with Gasteiger partial charge in [0.2, 0.25) is 10.0 Å². The number of aromatic nitrogens is 3. The van der Waals surface area contributed by atoms with E-state index in [9.17, 15) is 21.6 Å². The van der Waals surface area contributed by atoms with Crippen LogP contribution in [0.1, 0.15) is 17.1 Å². The summed E-state index contributed by atoms with van der Waals surface area (Å²) >= 11 is 0. The van der Waals surface area contributed by atoms with Crippen molar-refractivity contribution in [3.05, 3.63) is 59.7 Å². The third-order valence-corrected chi connectivity index (χ3v) is 6.00. The van der Waals surface area contributed by atoms with Crippen molar-refractivity contribution >= 4 is 15.7 Å². The number of para-hydroxylation sites is 1. The summed E-state index contributed by atoms with van der Waals surface area (Å²) in [7, 11) is -3.48. The quantitative estimate of drug-likeness (QED) is 0.659. The molecule has 2 aromatic heterocycles. The average molecular weight is 410 g/mol. The number of anilines is 1. The third-order valence-electron chi connectivity index (χ3n) is 4.28. The van der Waals surface area contributed by atoms with Crippen LogP contribution in [0.4, 0.5) is 18.9 Å². The van der Waals surface area contributed by atoms with Crippen LogP contribution in [0.25, 0.3) is 11.5 Å². The van der Waals surface area contributed by atoms with E-state index in [-0.39, 0.29) is 23.8 Å². The van der Waals surface area contributed by atoms with Gasteiger partial charge in [-0.2, -0.15) is 18.2 Å². The van der Waals surface area contributed by atoms with Crippen LogP contribution in [0.5, 0.6) is 0 Å². The number of pyridine rings is 1. The van der Waals surface area contributed by atoms with Gasteiger partial charge in [-0.1, -0.05) is 23.4 Å². The largest absolute Gasteiger partial charge is 0.455 e. The first-order chi connectivity index (χ1) is 13.2. The van der Waals surface area contributed by atoms with Gasteiger partial charge >= 0.3 is 6.18 Å². The van der Waals surface area contributed by atoms with Crippen molar-refractivity contribution in [2.75, 3.05) is 10.1 Å². The van der Waals surface area contributed by atoms with Gasteiger partial charge in [0.05, 0.1) is 29.2 Å². The molecule has 0 saturated carbocycles. The van der Waals surface area contributed by atoms with E-state index in [0.717, 1.165) is 5.56 Å². The maximum atomic E-state index is 12.6. The molecule has 1 aliphatic heterocycles. The van der Waals surface area contributed by atoms with Gasteiger partial charge in [-0.15, -0.1) is 0 Å². The van der Waals surface area contributed by atoms with Crippen LogP contribution in [0, 0.1) is 0 Å². The number of hydrogen-bond donors (Lipinski definition) is 0. The van der Waals surface area contributed by atoms with Gasteiger partial charge in [-0.3, -0.25) is 9.29 Å². The molecule has 0 fully saturated rings. The molecule has 146 valence electrons. The third kappa shape index (κ3) is 3.44. The monoisotopic (exact) mass is 410 g/mol. The van der Waals surface area contributed by atoms with Gasteiger partial charge in [0, 0.05) is 6.20 Å². The molecule has 4 rings (SSSR count). The fraction of sp³-hybridized carbons (Fsp3) is 0.235. The van der Waals surface area contributed by atoms with Crippen LogP contribution < -0.4 is 4.31 Å². The molecule has 28 heavy (non-hydrogen) atoms. The molecule has 3 heterocycles. The van der Waals surface area contributed by atoms with Gasteiger partial charge in [0.15, 0.2) is 0 Å². The molecule has 0 saturated heterocycles. The summed E-state index contributed by atoms with van der Waals surface area (Å²) in [5, 5.41) is 2.90. The van der Waals surface area contributed by atoms with E-state index < -0.39 is 22.0 Å². The maximum Gasteiger partial charge on any atom is 0.455 e. The standard InChI is InChI=1S/C17H13F3N4O3S/c18-17(19,20)16-22-15(27-23-16)12-5-6-13(21-9-12)10-24-14-4-2-1-3-11(14)7-8-28(24,25)26/h1-6,9H,7-8,10H2. The molecule has 0 amide bonds. The first kappa shape index (κ1) is 18.4. The molecule has 7 nitrogen and oxygen atoms in total. The van der Waals surface area contributed by atoms with Crippen molar-refractivity contribution in [1.82, 2.24) is 15.1 Å². The first-order valence-electron chi connectivity index (χ1n) is 8.18. The number of halogens is 3. The number of nitrogens with zero attached hydrogens (tertiary/aromatic N) is 4. The SMILES string of the molecule is O=S1(=O)CCc2ccccc2N1Cc1ccc(-c2nc(C(F)(F)F)no2)cn1. The second-order valence-electron chi connectivity index (χ2n) is 6.16. The van der Waals surface area contributed by atoms with E-state index in [2.05, 4.69) is 19.6 Å². The maximum absolute atomic E-state index is 12.6. The second kappa shape index (κ2) is 6.59. The predicted octanol–water partition coefficient (Wildman–Crippen LogP) is 3.04. The van der Waals surface area contributed by atoms with Crippen LogP contribution in [-0.2, 0) is 29.2 Å². The zero-order chi connectivity index (χ0) is 19.9. The van der Waals surface area contributed by atoms with Crippen molar-refractivity contribution in [3.8, 4) is 11.5 Å². The molecule has 0 unspecified atom stereocenters. The summed E-state index contributed by atoms with van der Waals surface area (Å²) in [6, 6.07) is 10.2. The van der Waals surface area contributed by atoms with Crippen LogP contribution in [0.3, 0.4) is 0 Å². The minimum Gasteiger partial charge on any atom is -0.334 e. The Labute approximate surface area is 157 Å². The number of alkyl halides is 3. The number of benzene rings is 1. The molecule has 0 radical (unpaired) electrons. The van der Waals surface area contributed by atoms with Crippen molar-refractivity contribution in [3.63, 3.8) is 0 Å². The predicted molar refractivity (Wildman–Crippen MR) is 92.6 cm³/mol. The molecule has 0 atom stereocenters. The van der Waals surface area contributed by atoms with Crippen LogP contribution in [0.15, 0.2) is 47.1 Å². The lowest BCUT2D eigenvalue weighted by Crippen LogP contribution is -2.37. The Kier molecular flexibility index (Phi) is 4.33. The number of sulfonamides is 1. The lowest BCUT2D eigenvalue weighted by atomic mass is 10.1. The minimum atomic E-state index is -4.70. The smallest absolute Gasteiger partial charge is 0.334 e. The molecule has 0 aliphatic carbocycles. The highest BCUT2D eigenvalue weighted by Gasteiger charge is 2.37. The highest BCUT2D eigenvalue weighted by molar-refractivity contribution is 7.92. The molecule has 1 aliphatic rings. The zero-order valence-electron chi connectivity index (χ0n) is 14.2. The molecule has 0 bridgehead atoms. The Morgan fingerprint density at radius 2 is 1.93 bits per heavy atom. The summed E-state index contributed by atoms with van der Waals surface area (Å²) in [5.41, 5.74) is 2.17. The summed E-state index contributed by atoms with van der Waals surface area (Å²) in [6.45, 7) is 0.0112. The zero-order valence-corrected chi connectivity index (χ0v) is 15.0. The van der Waals surface area contributed by atoms with Gasteiger partial charge in [0.25, 0.3) is 11.7 Å². The fourth-order valence-corrected chi connectivity index (χ4v) is 4.40. The highest BCUT2D eigenvalue weighted by atomic mass is 32.2. The Bertz CT molecular complexity index is 1110. The fourth-order valence-electron chi connectivity index (χ4n) is 2.90. The molecular formula is C17H13F3N4O3S. The van der Waals surface area contributed by atoms with Crippen molar-refractivity contribution in [2.45, 2.75) is 19.1 Å². The molecule has 3 aromatic rings. The van der Waals surface area contributed by atoms with Gasteiger partial charge in [-0.25, -0.2) is 8.42 Å². The molecule has 0 N–H and O–H groups in total. The van der Waals surface area contributed by atoms with Gasteiger partial charge in [0.1, 0.15) is 0 Å². The van der Waals surface area contributed by atoms with E-state index >= 15 is 0 Å². The Balaban J connectivity index is 1.59. The molecular weight excluding hydrogens is 397 g/mol. The van der Waals surface area contributed by atoms with E-state index in [1.807, 2.05) is 12.1 Å². The van der Waals surface area contributed by atoms with Gasteiger partial charge in [-0.05, 0) is 30.2 Å². The van der Waals surface area contributed by atoms with E-state index in [4.69, 9.17) is 0 Å². The Morgan fingerprint density at radius 1 is 1.14 bits per heavy atom. The first-order valence-corrected chi connectivity index (χ1v) is 9.79. The summed E-state index contributed by atoms with van der Waals surface area (Å²) < 4.78 is 68.6. The molecule has 0 spiro atoms. The topological polar surface area (TPSA) is 89.2 Å². The summed E-state index contributed by atoms with van der Waals surface area (Å²) in [5.74, 6) is -1.69. The molecule has 11 heteroatoms. The number of rotatable bonds is 3. The highest BCUT2D eigenvalue weighted by Crippen LogP contribution is 2.31. The van der Waals surface area contributed by atoms with E-state index in [1.165, 1.54) is 22.6 Å². The number of aryl methyl sites for hydroxylation is 1. The molecule has 1 aromatic carbocycles. The number of fused-ring (bicyclic) bond motifs is 1. The van der Waals surface area contributed by atoms with Crippen molar-refractivity contribution < 1.29 is 26.1 Å². The van der Waals surface area contributed by atoms with Crippen LogP contribution in [-0.4, -0.2) is 29.3 Å². The average Bonchev–Trinajstić information content (AvgIpc) is 3.15. The summed E-state index contributed by atoms with van der Waals surface area (Å²) in [4.78, 5) is 7.44. The normalized spacial score (nSPS) is 16.0. The lowest BCUT2D eigenvalue weighted by molar-refractivity contribution is -0.146. The lowest BCUT2D eigenvalue weighted by Gasteiger charge is -2.30. The van der Waals surface area contributed by atoms with E-state index in [0.29, 0.717) is 17.8 Å². The van der Waals surface area contributed by atoms with Crippen molar-refractivity contribution in [1.29, 1.82) is 0 Å². The van der Waals surface area contributed by atoms with Crippen LogP contribution >= 0.6 is 0 Å². The Hall–Kier alpha value is -2.95. The van der Waals surface area contributed by atoms with Gasteiger partial charge < -0.3 is 4.52 Å². The van der Waals surface area contributed by atoms with E-state index in [1.54, 1.807) is 12.1 Å². The Morgan fingerprint density at radius 3 is 2.61 bits per heavy atom. The summed E-state index contributed by atoms with van der Waals surface area (Å²) in [6.07, 6.45) is -2.99. The van der Waals surface area contributed by atoms with Crippen molar-refractivity contribution in [2.24, 2.45) is 0 Å². The minimum absolute atomic E-state index is 0.00427. The number of hydrogen-bond acceptors (Lipinski definition) is 6. The van der Waals surface area contributed by atoms with Crippen LogP contribution in [0.2, 0.25) is 0 Å². The second-order valence-corrected chi connectivity index (χ2v) is 8.17.